The van der Waals surface area contributed by atoms with Crippen molar-refractivity contribution in [1.82, 2.24) is 0 Å². The first-order valence-corrected chi connectivity index (χ1v) is 5.27. The molecule has 0 radical (unpaired) electrons. The van der Waals surface area contributed by atoms with Crippen LogP contribution in [-0.4, -0.2) is 17.1 Å². The van der Waals surface area contributed by atoms with E-state index < -0.39 is 4.92 Å². The summed E-state index contributed by atoms with van der Waals surface area (Å²) in [5.41, 5.74) is 5.83. The maximum atomic E-state index is 10.4. The van der Waals surface area contributed by atoms with E-state index in [2.05, 4.69) is 0 Å². The van der Waals surface area contributed by atoms with Crippen LogP contribution >= 0.6 is 0 Å². The van der Waals surface area contributed by atoms with Crippen LogP contribution < -0.4 is 5.73 Å². The smallest absolute Gasteiger partial charge is 0.403 e. The minimum absolute atomic E-state index is 0.0455. The van der Waals surface area contributed by atoms with E-state index >= 15 is 0 Å². The molecule has 1 heterocycles. The molecule has 6 heteroatoms. The number of hydrogen-bond donors (Lipinski definition) is 1. The highest BCUT2D eigenvalue weighted by molar-refractivity contribution is 5.17. The fraction of sp³-hybridized carbons (Fsp3) is 0.600. The normalized spacial score (nSPS) is 24.8. The van der Waals surface area contributed by atoms with Gasteiger partial charge in [0.05, 0.1) is 12.2 Å². The molecule has 1 fully saturated rings. The molecule has 1 aromatic rings. The Hall–Kier alpha value is -1.40. The fourth-order valence-electron chi connectivity index (χ4n) is 1.89. The lowest BCUT2D eigenvalue weighted by molar-refractivity contribution is -0.402. The van der Waals surface area contributed by atoms with E-state index in [1.54, 1.807) is 6.07 Å². The largest absolute Gasteiger partial charge is 0.433 e. The van der Waals surface area contributed by atoms with Gasteiger partial charge in [-0.15, -0.1) is 0 Å². The SMILES string of the molecule is NC1CCCC1OCc1ccc([N+](=O)[O-])o1. The molecule has 0 saturated heterocycles. The van der Waals surface area contributed by atoms with Crippen molar-refractivity contribution in [2.45, 2.75) is 38.0 Å². The first-order valence-electron chi connectivity index (χ1n) is 5.27. The van der Waals surface area contributed by atoms with E-state index in [0.717, 1.165) is 19.3 Å². The highest BCUT2D eigenvalue weighted by Gasteiger charge is 2.25. The minimum Gasteiger partial charge on any atom is -0.403 e. The van der Waals surface area contributed by atoms with Gasteiger partial charge in [0.2, 0.25) is 0 Å². The molecule has 16 heavy (non-hydrogen) atoms. The van der Waals surface area contributed by atoms with Crippen molar-refractivity contribution in [1.29, 1.82) is 0 Å². The highest BCUT2D eigenvalue weighted by Crippen LogP contribution is 2.23. The quantitative estimate of drug-likeness (QED) is 0.621. The molecule has 0 spiro atoms. The van der Waals surface area contributed by atoms with Crippen LogP contribution in [0.5, 0.6) is 0 Å². The molecule has 2 N–H and O–H groups in total. The first kappa shape index (κ1) is 11.1. The van der Waals surface area contributed by atoms with Gasteiger partial charge in [0.1, 0.15) is 17.3 Å². The lowest BCUT2D eigenvalue weighted by Gasteiger charge is -2.14. The molecular weight excluding hydrogens is 212 g/mol. The maximum Gasteiger partial charge on any atom is 0.433 e. The van der Waals surface area contributed by atoms with E-state index in [-0.39, 0.29) is 24.6 Å². The van der Waals surface area contributed by atoms with Crippen LogP contribution in [0.2, 0.25) is 0 Å². The van der Waals surface area contributed by atoms with Gasteiger partial charge in [-0.3, -0.25) is 10.1 Å². The average Bonchev–Trinajstić information content (AvgIpc) is 2.83. The number of furan rings is 1. The molecule has 2 unspecified atom stereocenters. The molecule has 2 rings (SSSR count). The summed E-state index contributed by atoms with van der Waals surface area (Å²) < 4.78 is 10.5. The predicted octanol–water partition coefficient (Wildman–Crippen LogP) is 1.58. The monoisotopic (exact) mass is 226 g/mol. The van der Waals surface area contributed by atoms with Crippen LogP contribution in [0.4, 0.5) is 5.88 Å². The second-order valence-corrected chi connectivity index (χ2v) is 3.94. The molecule has 1 aliphatic carbocycles. The number of ether oxygens (including phenoxy) is 1. The van der Waals surface area contributed by atoms with Gasteiger partial charge in [-0.25, -0.2) is 0 Å². The molecule has 0 aliphatic heterocycles. The third kappa shape index (κ3) is 2.40. The van der Waals surface area contributed by atoms with Crippen LogP contribution in [0.25, 0.3) is 0 Å². The Morgan fingerprint density at radius 2 is 2.38 bits per heavy atom. The zero-order valence-electron chi connectivity index (χ0n) is 8.80. The lowest BCUT2D eigenvalue weighted by Crippen LogP contribution is -2.31. The first-order chi connectivity index (χ1) is 7.66. The summed E-state index contributed by atoms with van der Waals surface area (Å²) in [7, 11) is 0. The van der Waals surface area contributed by atoms with E-state index in [1.807, 2.05) is 0 Å². The molecule has 1 aliphatic rings. The summed E-state index contributed by atoms with van der Waals surface area (Å²) in [6.07, 6.45) is 3.04. The Labute approximate surface area is 92.5 Å². The summed E-state index contributed by atoms with van der Waals surface area (Å²) in [5.74, 6) is 0.208. The van der Waals surface area contributed by atoms with Crippen LogP contribution in [0.15, 0.2) is 16.5 Å². The summed E-state index contributed by atoms with van der Waals surface area (Å²) in [5, 5.41) is 10.4. The number of nitrogens with zero attached hydrogens (tertiary/aromatic N) is 1. The molecule has 88 valence electrons. The van der Waals surface area contributed by atoms with Crippen molar-refractivity contribution >= 4 is 5.88 Å². The number of rotatable bonds is 4. The van der Waals surface area contributed by atoms with Gasteiger partial charge in [0.25, 0.3) is 0 Å². The molecule has 0 aromatic carbocycles. The summed E-state index contributed by atoms with van der Waals surface area (Å²) in [4.78, 5) is 9.81. The molecule has 6 nitrogen and oxygen atoms in total. The third-order valence-electron chi connectivity index (χ3n) is 2.77. The van der Waals surface area contributed by atoms with Crippen molar-refractivity contribution in [2.24, 2.45) is 5.73 Å². The van der Waals surface area contributed by atoms with Gasteiger partial charge < -0.3 is 14.9 Å². The number of nitro groups is 1. The van der Waals surface area contributed by atoms with Gasteiger partial charge in [-0.2, -0.15) is 0 Å². The maximum absolute atomic E-state index is 10.4. The third-order valence-corrected chi connectivity index (χ3v) is 2.77. The van der Waals surface area contributed by atoms with Gasteiger partial charge in [-0.05, 0) is 25.3 Å². The zero-order valence-corrected chi connectivity index (χ0v) is 8.80. The molecule has 2 atom stereocenters. The van der Waals surface area contributed by atoms with Crippen molar-refractivity contribution in [3.8, 4) is 0 Å². The predicted molar refractivity (Wildman–Crippen MR) is 55.8 cm³/mol. The van der Waals surface area contributed by atoms with Crippen molar-refractivity contribution in [2.75, 3.05) is 0 Å². The van der Waals surface area contributed by atoms with Crippen LogP contribution in [0.3, 0.4) is 0 Å². The lowest BCUT2D eigenvalue weighted by atomic mass is 10.2. The fourth-order valence-corrected chi connectivity index (χ4v) is 1.89. The Kier molecular flexibility index (Phi) is 3.21. The van der Waals surface area contributed by atoms with E-state index in [4.69, 9.17) is 14.9 Å². The molecular formula is C10H14N2O4. The van der Waals surface area contributed by atoms with Gasteiger partial charge in [0, 0.05) is 6.04 Å². The van der Waals surface area contributed by atoms with Gasteiger partial charge in [-0.1, -0.05) is 0 Å². The van der Waals surface area contributed by atoms with Gasteiger partial charge in [0.15, 0.2) is 0 Å². The Morgan fingerprint density at radius 3 is 2.94 bits per heavy atom. The van der Waals surface area contributed by atoms with E-state index in [1.165, 1.54) is 6.07 Å². The van der Waals surface area contributed by atoms with E-state index in [9.17, 15) is 10.1 Å². The van der Waals surface area contributed by atoms with Gasteiger partial charge >= 0.3 is 5.88 Å². The van der Waals surface area contributed by atoms with Crippen LogP contribution in [-0.2, 0) is 11.3 Å². The second-order valence-electron chi connectivity index (χ2n) is 3.94. The average molecular weight is 226 g/mol. The number of hydrogen-bond acceptors (Lipinski definition) is 5. The standard InChI is InChI=1S/C10H14N2O4/c11-8-2-1-3-9(8)15-6-7-4-5-10(16-7)12(13)14/h4-5,8-9H,1-3,6,11H2. The number of nitrogens with two attached hydrogens (primary N) is 1. The Bertz CT molecular complexity index is 377. The van der Waals surface area contributed by atoms with Crippen LogP contribution in [0, 0.1) is 10.1 Å². The topological polar surface area (TPSA) is 91.5 Å². The zero-order chi connectivity index (χ0) is 11.5. The van der Waals surface area contributed by atoms with Crippen molar-refractivity contribution < 1.29 is 14.1 Å². The molecule has 0 amide bonds. The minimum atomic E-state index is -0.565. The molecule has 1 aromatic heterocycles. The Morgan fingerprint density at radius 1 is 1.56 bits per heavy atom. The second kappa shape index (κ2) is 4.63. The summed E-state index contributed by atoms with van der Waals surface area (Å²) >= 11 is 0. The van der Waals surface area contributed by atoms with Crippen molar-refractivity contribution in [3.05, 3.63) is 28.0 Å². The van der Waals surface area contributed by atoms with E-state index in [0.29, 0.717) is 5.76 Å². The molecule has 0 bridgehead atoms. The van der Waals surface area contributed by atoms with Crippen LogP contribution in [0.1, 0.15) is 25.0 Å². The van der Waals surface area contributed by atoms with Crippen molar-refractivity contribution in [3.63, 3.8) is 0 Å². The summed E-state index contributed by atoms with van der Waals surface area (Å²) in [6, 6.07) is 2.95. The summed E-state index contributed by atoms with van der Waals surface area (Å²) in [6.45, 7) is 0.242. The highest BCUT2D eigenvalue weighted by atomic mass is 16.6. The molecule has 1 saturated carbocycles. The Balaban J connectivity index is 1.87.